The first-order valence-corrected chi connectivity index (χ1v) is 17.8. The molecule has 10 heteroatoms. The SMILES string of the molecule is O=c1[nH]c(-c2ccccc2)nc2cc3c(=O)[nH]c(-c4cccc(-c5cccc(-c6cc(O)c7cc8nc(-c9ccccc9)cc(O)c8cc7n6)c5)c4)nc3cc12. The molecule has 0 fully saturated rings. The standard InChI is InChI=1S/C46H28N6O4/c53-41-23-35(25-9-3-1-4-10-25)47-37-19-32-38(20-31(37)41)48-36(24-42(32)54)29-15-7-13-27(17-29)28-14-8-16-30(18-28)44-50-40-22-33-39(21-34(40)46(56)52-44)49-43(51-45(33)55)26-11-5-2-6-12-26/h1-24H,(H,47,53)(H,48,54)(H,49,51,55)(H,50,52,56). The molecule has 0 spiro atoms. The maximum absolute atomic E-state index is 13.4. The highest BCUT2D eigenvalue weighted by molar-refractivity contribution is 6.01. The van der Waals surface area contributed by atoms with Crippen LogP contribution in [0.5, 0.6) is 11.5 Å². The van der Waals surface area contributed by atoms with Gasteiger partial charge in [-0.25, -0.2) is 19.9 Å². The number of aromatic nitrogens is 6. The van der Waals surface area contributed by atoms with E-state index in [-0.39, 0.29) is 22.6 Å². The van der Waals surface area contributed by atoms with Crippen LogP contribution in [0.15, 0.2) is 155 Å². The van der Waals surface area contributed by atoms with Crippen LogP contribution < -0.4 is 11.1 Å². The predicted molar refractivity (Wildman–Crippen MR) is 219 cm³/mol. The number of aromatic amines is 2. The van der Waals surface area contributed by atoms with Gasteiger partial charge in [-0.1, -0.05) is 97.1 Å². The number of H-pyrrole nitrogens is 2. The van der Waals surface area contributed by atoms with Gasteiger partial charge in [0.15, 0.2) is 0 Å². The van der Waals surface area contributed by atoms with Gasteiger partial charge in [-0.2, -0.15) is 0 Å². The summed E-state index contributed by atoms with van der Waals surface area (Å²) in [7, 11) is 0. The zero-order valence-corrected chi connectivity index (χ0v) is 29.4. The van der Waals surface area contributed by atoms with Crippen molar-refractivity contribution in [3.8, 4) is 67.9 Å². The summed E-state index contributed by atoms with van der Waals surface area (Å²) in [5, 5.41) is 23.9. The lowest BCUT2D eigenvalue weighted by molar-refractivity contribution is 0.480. The zero-order valence-electron chi connectivity index (χ0n) is 29.4. The van der Waals surface area contributed by atoms with Crippen molar-refractivity contribution in [2.24, 2.45) is 0 Å². The molecule has 0 bridgehead atoms. The number of rotatable bonds is 5. The highest BCUT2D eigenvalue weighted by Crippen LogP contribution is 2.37. The van der Waals surface area contributed by atoms with E-state index in [1.807, 2.05) is 109 Å². The Labute approximate surface area is 317 Å². The van der Waals surface area contributed by atoms with E-state index in [1.54, 1.807) is 36.4 Å². The molecule has 0 aliphatic carbocycles. The van der Waals surface area contributed by atoms with Crippen molar-refractivity contribution in [2.45, 2.75) is 0 Å². The lowest BCUT2D eigenvalue weighted by atomic mass is 9.99. The molecule has 10 nitrogen and oxygen atoms in total. The van der Waals surface area contributed by atoms with Crippen molar-refractivity contribution in [3.05, 3.63) is 166 Å². The van der Waals surface area contributed by atoms with Crippen LogP contribution >= 0.6 is 0 Å². The van der Waals surface area contributed by atoms with Gasteiger partial charge in [0.1, 0.15) is 23.1 Å². The second-order valence-electron chi connectivity index (χ2n) is 13.5. The average Bonchev–Trinajstić information content (AvgIpc) is 3.23. The minimum absolute atomic E-state index is 0.0409. The molecular formula is C46H28N6O4. The number of fused-ring (bicyclic) bond motifs is 4. The zero-order chi connectivity index (χ0) is 37.9. The van der Waals surface area contributed by atoms with Crippen LogP contribution in [0.25, 0.3) is 100 Å². The molecule has 4 heterocycles. The van der Waals surface area contributed by atoms with E-state index in [2.05, 4.69) is 15.0 Å². The molecule has 10 aromatic rings. The van der Waals surface area contributed by atoms with Gasteiger partial charge >= 0.3 is 0 Å². The number of benzene rings is 6. The third-order valence-corrected chi connectivity index (χ3v) is 9.97. The number of nitrogens with one attached hydrogen (secondary N) is 2. The Morgan fingerprint density at radius 3 is 1.30 bits per heavy atom. The van der Waals surface area contributed by atoms with E-state index < -0.39 is 0 Å². The molecule has 0 saturated heterocycles. The van der Waals surface area contributed by atoms with Crippen LogP contribution in [0.2, 0.25) is 0 Å². The molecule has 10 rings (SSSR count). The summed E-state index contributed by atoms with van der Waals surface area (Å²) in [4.78, 5) is 51.4. The van der Waals surface area contributed by atoms with E-state index in [4.69, 9.17) is 15.0 Å². The number of aromatic hydroxyl groups is 2. The van der Waals surface area contributed by atoms with Crippen molar-refractivity contribution >= 4 is 43.6 Å². The minimum atomic E-state index is -0.349. The molecule has 56 heavy (non-hydrogen) atoms. The highest BCUT2D eigenvalue weighted by atomic mass is 16.3. The maximum Gasteiger partial charge on any atom is 0.259 e. The fourth-order valence-electron chi connectivity index (χ4n) is 7.16. The first-order chi connectivity index (χ1) is 27.3. The Morgan fingerprint density at radius 1 is 0.357 bits per heavy atom. The molecule has 0 aliphatic heterocycles. The van der Waals surface area contributed by atoms with Gasteiger partial charge in [-0.15, -0.1) is 0 Å². The number of nitrogens with zero attached hydrogens (tertiary/aromatic N) is 4. The van der Waals surface area contributed by atoms with Crippen molar-refractivity contribution in [3.63, 3.8) is 0 Å². The average molecular weight is 729 g/mol. The predicted octanol–water partition coefficient (Wildman–Crippen LogP) is 9.00. The smallest absolute Gasteiger partial charge is 0.259 e. The number of hydrogen-bond acceptors (Lipinski definition) is 8. The van der Waals surface area contributed by atoms with Crippen LogP contribution in [-0.2, 0) is 0 Å². The van der Waals surface area contributed by atoms with E-state index in [9.17, 15) is 19.8 Å². The highest BCUT2D eigenvalue weighted by Gasteiger charge is 2.15. The fourth-order valence-corrected chi connectivity index (χ4v) is 7.16. The summed E-state index contributed by atoms with van der Waals surface area (Å²) in [6.07, 6.45) is 0. The first-order valence-electron chi connectivity index (χ1n) is 17.8. The second kappa shape index (κ2) is 12.9. The lowest BCUT2D eigenvalue weighted by Gasteiger charge is -2.11. The van der Waals surface area contributed by atoms with E-state index in [1.165, 1.54) is 0 Å². The Bertz CT molecular complexity index is 3330. The van der Waals surface area contributed by atoms with Crippen molar-refractivity contribution in [1.82, 2.24) is 29.9 Å². The van der Waals surface area contributed by atoms with Gasteiger partial charge in [0.25, 0.3) is 11.1 Å². The molecule has 4 aromatic heterocycles. The minimum Gasteiger partial charge on any atom is -0.507 e. The molecule has 0 atom stereocenters. The largest absolute Gasteiger partial charge is 0.507 e. The Balaban J connectivity index is 0.998. The fraction of sp³-hybridized carbons (Fsp3) is 0. The molecule has 0 radical (unpaired) electrons. The third kappa shape index (κ3) is 5.69. The Morgan fingerprint density at radius 2 is 0.750 bits per heavy atom. The van der Waals surface area contributed by atoms with Gasteiger partial charge in [0, 0.05) is 45.2 Å². The molecular weight excluding hydrogens is 701 g/mol. The molecule has 4 N–H and O–H groups in total. The summed E-state index contributed by atoms with van der Waals surface area (Å²) in [5.74, 6) is 0.885. The van der Waals surface area contributed by atoms with Crippen molar-refractivity contribution < 1.29 is 10.2 Å². The van der Waals surface area contributed by atoms with E-state index in [0.29, 0.717) is 72.2 Å². The molecule has 266 valence electrons. The summed E-state index contributed by atoms with van der Waals surface area (Å²) < 4.78 is 0. The molecule has 0 amide bonds. The summed E-state index contributed by atoms with van der Waals surface area (Å²) in [5.41, 5.74) is 7.15. The van der Waals surface area contributed by atoms with E-state index in [0.717, 1.165) is 27.8 Å². The van der Waals surface area contributed by atoms with Crippen LogP contribution in [0.1, 0.15) is 0 Å². The molecule has 0 saturated carbocycles. The van der Waals surface area contributed by atoms with Crippen molar-refractivity contribution in [2.75, 3.05) is 0 Å². The number of hydrogen-bond donors (Lipinski definition) is 4. The van der Waals surface area contributed by atoms with Gasteiger partial charge in [-0.3, -0.25) is 9.59 Å². The van der Waals surface area contributed by atoms with Crippen LogP contribution in [0, 0.1) is 0 Å². The van der Waals surface area contributed by atoms with Gasteiger partial charge in [0.2, 0.25) is 0 Å². The quantitative estimate of drug-likeness (QED) is 0.128. The maximum atomic E-state index is 13.4. The summed E-state index contributed by atoms with van der Waals surface area (Å²) >= 11 is 0. The van der Waals surface area contributed by atoms with E-state index >= 15 is 0 Å². The van der Waals surface area contributed by atoms with Crippen LogP contribution in [-0.4, -0.2) is 40.1 Å². The summed E-state index contributed by atoms with van der Waals surface area (Å²) in [6.45, 7) is 0. The second-order valence-corrected chi connectivity index (χ2v) is 13.5. The normalized spacial score (nSPS) is 11.5. The lowest BCUT2D eigenvalue weighted by Crippen LogP contribution is -2.13. The Hall–Kier alpha value is -7.98. The summed E-state index contributed by atoms with van der Waals surface area (Å²) in [6, 6.07) is 44.3. The van der Waals surface area contributed by atoms with Crippen LogP contribution in [0.3, 0.4) is 0 Å². The monoisotopic (exact) mass is 728 g/mol. The van der Waals surface area contributed by atoms with Gasteiger partial charge in [-0.05, 0) is 47.5 Å². The molecule has 0 aliphatic rings. The molecule has 0 unspecified atom stereocenters. The number of pyridine rings is 2. The van der Waals surface area contributed by atoms with Gasteiger partial charge < -0.3 is 20.2 Å². The van der Waals surface area contributed by atoms with Crippen LogP contribution in [0.4, 0.5) is 0 Å². The molecule has 6 aromatic carbocycles. The third-order valence-electron chi connectivity index (χ3n) is 9.97. The van der Waals surface area contributed by atoms with Crippen molar-refractivity contribution in [1.29, 1.82) is 0 Å². The van der Waals surface area contributed by atoms with Gasteiger partial charge in [0.05, 0.1) is 44.2 Å². The first kappa shape index (κ1) is 32.7. The Kier molecular flexibility index (Phi) is 7.49. The topological polar surface area (TPSA) is 158 Å².